The van der Waals surface area contributed by atoms with Crippen molar-refractivity contribution in [3.63, 3.8) is 0 Å². The Morgan fingerprint density at radius 1 is 1.27 bits per heavy atom. The van der Waals surface area contributed by atoms with E-state index in [1.165, 1.54) is 0 Å². The summed E-state index contributed by atoms with van der Waals surface area (Å²) < 4.78 is 5.19. The van der Waals surface area contributed by atoms with Gasteiger partial charge in [-0.05, 0) is 23.3 Å². The average molecular weight is 296 g/mol. The average Bonchev–Trinajstić information content (AvgIpc) is 2.54. The van der Waals surface area contributed by atoms with E-state index in [1.807, 2.05) is 30.3 Å². The van der Waals surface area contributed by atoms with Crippen molar-refractivity contribution in [3.8, 4) is 5.75 Å². The molecule has 2 aromatic rings. The lowest BCUT2D eigenvalue weighted by atomic mass is 9.89. The van der Waals surface area contributed by atoms with Crippen LogP contribution in [0.1, 0.15) is 29.9 Å². The number of nitrogens with zero attached hydrogens (tertiary/aromatic N) is 1. The van der Waals surface area contributed by atoms with Gasteiger partial charge in [0.2, 0.25) is 5.91 Å². The molecule has 0 fully saturated rings. The van der Waals surface area contributed by atoms with Gasteiger partial charge in [-0.25, -0.2) is 0 Å². The number of rotatable bonds is 4. The van der Waals surface area contributed by atoms with Crippen molar-refractivity contribution in [3.05, 3.63) is 59.9 Å². The van der Waals surface area contributed by atoms with E-state index < -0.39 is 0 Å². The highest BCUT2D eigenvalue weighted by molar-refractivity contribution is 5.81. The molecule has 1 atom stereocenters. The molecule has 0 radical (unpaired) electrons. The monoisotopic (exact) mass is 296 g/mol. The van der Waals surface area contributed by atoms with Crippen LogP contribution in [0.25, 0.3) is 0 Å². The van der Waals surface area contributed by atoms with Gasteiger partial charge >= 0.3 is 5.97 Å². The van der Waals surface area contributed by atoms with Gasteiger partial charge in [0.15, 0.2) is 0 Å². The van der Waals surface area contributed by atoms with Crippen molar-refractivity contribution in [1.29, 1.82) is 0 Å². The van der Waals surface area contributed by atoms with Crippen LogP contribution in [0.15, 0.2) is 48.8 Å². The summed E-state index contributed by atoms with van der Waals surface area (Å²) in [5.41, 5.74) is 1.86. The zero-order chi connectivity index (χ0) is 15.4. The van der Waals surface area contributed by atoms with E-state index in [9.17, 15) is 9.59 Å². The van der Waals surface area contributed by atoms with Gasteiger partial charge in [-0.2, -0.15) is 0 Å². The van der Waals surface area contributed by atoms with Crippen molar-refractivity contribution in [2.24, 2.45) is 0 Å². The van der Waals surface area contributed by atoms with E-state index in [4.69, 9.17) is 4.74 Å². The van der Waals surface area contributed by atoms with Crippen LogP contribution in [0.5, 0.6) is 5.75 Å². The number of ether oxygens (including phenoxy) is 1. The summed E-state index contributed by atoms with van der Waals surface area (Å²) >= 11 is 0. The van der Waals surface area contributed by atoms with Gasteiger partial charge in [-0.15, -0.1) is 0 Å². The predicted molar refractivity (Wildman–Crippen MR) is 80.1 cm³/mol. The normalized spacial score (nSPS) is 16.5. The largest absolute Gasteiger partial charge is 0.426 e. The van der Waals surface area contributed by atoms with E-state index >= 15 is 0 Å². The number of para-hydroxylation sites is 1. The van der Waals surface area contributed by atoms with Gasteiger partial charge in [-0.3, -0.25) is 14.6 Å². The van der Waals surface area contributed by atoms with E-state index in [0.29, 0.717) is 12.3 Å². The molecule has 1 aromatic heterocycles. The summed E-state index contributed by atoms with van der Waals surface area (Å²) in [6.45, 7) is 0.436. The number of nitrogens with one attached hydrogen (secondary N) is 1. The molecule has 0 saturated carbocycles. The summed E-state index contributed by atoms with van der Waals surface area (Å²) in [4.78, 5) is 27.8. The van der Waals surface area contributed by atoms with Crippen LogP contribution >= 0.6 is 0 Å². The van der Waals surface area contributed by atoms with Crippen LogP contribution in [-0.4, -0.2) is 16.9 Å². The van der Waals surface area contributed by atoms with E-state index in [-0.39, 0.29) is 30.6 Å². The van der Waals surface area contributed by atoms with Crippen molar-refractivity contribution < 1.29 is 14.3 Å². The van der Waals surface area contributed by atoms with Gasteiger partial charge < -0.3 is 10.1 Å². The fraction of sp³-hybridized carbons (Fsp3) is 0.235. The summed E-state index contributed by atoms with van der Waals surface area (Å²) in [6, 6.07) is 11.1. The summed E-state index contributed by atoms with van der Waals surface area (Å²) in [6.07, 6.45) is 3.91. The van der Waals surface area contributed by atoms with Crippen molar-refractivity contribution in [1.82, 2.24) is 10.3 Å². The standard InChI is InChI=1S/C17H16N2O3/c20-16(19-11-12-4-3-7-18-10-12)8-13-9-17(21)22-15-6-2-1-5-14(13)15/h1-7,10,13H,8-9,11H2,(H,19,20)/t13-/m1/s1. The smallest absolute Gasteiger partial charge is 0.311 e. The van der Waals surface area contributed by atoms with Gasteiger partial charge in [0, 0.05) is 31.3 Å². The maximum atomic E-state index is 12.1. The maximum absolute atomic E-state index is 12.1. The highest BCUT2D eigenvalue weighted by Gasteiger charge is 2.28. The Labute approximate surface area is 128 Å². The van der Waals surface area contributed by atoms with E-state index in [0.717, 1.165) is 11.1 Å². The lowest BCUT2D eigenvalue weighted by molar-refractivity contribution is -0.136. The molecule has 0 bridgehead atoms. The minimum absolute atomic E-state index is 0.0849. The number of carbonyl (C=O) groups is 2. The molecule has 1 aromatic carbocycles. The summed E-state index contributed by atoms with van der Waals surface area (Å²) in [7, 11) is 0. The molecule has 22 heavy (non-hydrogen) atoms. The third-order valence-corrected chi connectivity index (χ3v) is 3.64. The third-order valence-electron chi connectivity index (χ3n) is 3.64. The lowest BCUT2D eigenvalue weighted by Gasteiger charge is -2.23. The number of aromatic nitrogens is 1. The predicted octanol–water partition coefficient (Wildman–Crippen LogP) is 2.18. The number of fused-ring (bicyclic) bond motifs is 1. The Morgan fingerprint density at radius 3 is 2.95 bits per heavy atom. The maximum Gasteiger partial charge on any atom is 0.311 e. The minimum atomic E-state index is -0.288. The summed E-state index contributed by atoms with van der Waals surface area (Å²) in [5, 5.41) is 2.86. The number of benzene rings is 1. The Hall–Kier alpha value is -2.69. The molecule has 0 spiro atoms. The first-order chi connectivity index (χ1) is 10.7. The quantitative estimate of drug-likeness (QED) is 0.693. The van der Waals surface area contributed by atoms with Crippen molar-refractivity contribution >= 4 is 11.9 Å². The number of hydrogen-bond acceptors (Lipinski definition) is 4. The molecule has 1 N–H and O–H groups in total. The fourth-order valence-corrected chi connectivity index (χ4v) is 2.57. The number of hydrogen-bond donors (Lipinski definition) is 1. The second-order valence-corrected chi connectivity index (χ2v) is 5.26. The Bertz CT molecular complexity index is 685. The van der Waals surface area contributed by atoms with Crippen LogP contribution in [0.2, 0.25) is 0 Å². The SMILES string of the molecule is O=C(C[C@@H]1CC(=O)Oc2ccccc21)NCc1cccnc1. The first kappa shape index (κ1) is 14.3. The van der Waals surface area contributed by atoms with E-state index in [1.54, 1.807) is 18.5 Å². The van der Waals surface area contributed by atoms with Crippen LogP contribution in [0.3, 0.4) is 0 Å². The van der Waals surface area contributed by atoms with E-state index in [2.05, 4.69) is 10.3 Å². The number of carbonyl (C=O) groups excluding carboxylic acids is 2. The zero-order valence-corrected chi connectivity index (χ0v) is 12.0. The van der Waals surface area contributed by atoms with Crippen LogP contribution in [0.4, 0.5) is 0 Å². The number of amides is 1. The number of pyridine rings is 1. The third kappa shape index (κ3) is 3.31. The minimum Gasteiger partial charge on any atom is -0.426 e. The van der Waals surface area contributed by atoms with Crippen LogP contribution in [-0.2, 0) is 16.1 Å². The van der Waals surface area contributed by atoms with Gasteiger partial charge in [-0.1, -0.05) is 24.3 Å². The summed E-state index contributed by atoms with van der Waals surface area (Å²) in [5.74, 6) is 0.0530. The molecule has 5 nitrogen and oxygen atoms in total. The Balaban J connectivity index is 1.63. The second kappa shape index (κ2) is 6.39. The molecule has 112 valence electrons. The van der Waals surface area contributed by atoms with Crippen molar-refractivity contribution in [2.75, 3.05) is 0 Å². The molecular formula is C17H16N2O3. The Morgan fingerprint density at radius 2 is 2.14 bits per heavy atom. The molecule has 0 saturated heterocycles. The topological polar surface area (TPSA) is 68.3 Å². The zero-order valence-electron chi connectivity index (χ0n) is 12.0. The Kier molecular flexibility index (Phi) is 4.14. The van der Waals surface area contributed by atoms with Gasteiger partial charge in [0.1, 0.15) is 5.75 Å². The molecule has 0 aliphatic carbocycles. The molecule has 1 aliphatic heterocycles. The molecule has 1 amide bonds. The highest BCUT2D eigenvalue weighted by atomic mass is 16.5. The molecular weight excluding hydrogens is 280 g/mol. The first-order valence-corrected chi connectivity index (χ1v) is 7.17. The first-order valence-electron chi connectivity index (χ1n) is 7.17. The molecule has 1 aliphatic rings. The highest BCUT2D eigenvalue weighted by Crippen LogP contribution is 2.35. The molecule has 0 unspecified atom stereocenters. The second-order valence-electron chi connectivity index (χ2n) is 5.26. The van der Waals surface area contributed by atoms with Crippen LogP contribution < -0.4 is 10.1 Å². The lowest BCUT2D eigenvalue weighted by Crippen LogP contribution is -2.28. The van der Waals surface area contributed by atoms with Gasteiger partial charge in [0.25, 0.3) is 0 Å². The van der Waals surface area contributed by atoms with Crippen LogP contribution in [0, 0.1) is 0 Å². The number of esters is 1. The van der Waals surface area contributed by atoms with Crippen molar-refractivity contribution in [2.45, 2.75) is 25.3 Å². The molecule has 2 heterocycles. The molecule has 5 heteroatoms. The van der Waals surface area contributed by atoms with Gasteiger partial charge in [0.05, 0.1) is 6.42 Å². The fourth-order valence-electron chi connectivity index (χ4n) is 2.57. The molecule has 3 rings (SSSR count).